The van der Waals surface area contributed by atoms with Crippen molar-refractivity contribution in [3.05, 3.63) is 65.5 Å². The highest BCUT2D eigenvalue weighted by Gasteiger charge is 2.25. The second-order valence-corrected chi connectivity index (χ2v) is 6.14. The molecule has 3 heterocycles. The Kier molecular flexibility index (Phi) is 3.41. The van der Waals surface area contributed by atoms with Gasteiger partial charge in [0.1, 0.15) is 5.75 Å². The molecule has 0 fully saturated rings. The highest BCUT2D eigenvalue weighted by Crippen LogP contribution is 2.34. The standard InChI is InChI=1S/C20H19NO2/c1-14(15-11-13-21-12-5-4-7-18(15)21)9-10-17-16-6-2-3-8-19(16)23-20(17)22/h2-3,6,8-11,13H,4-5,7,12H2,1H3/b14-9+,17-10+. The Morgan fingerprint density at radius 3 is 3.00 bits per heavy atom. The molecule has 116 valence electrons. The molecule has 0 aliphatic carbocycles. The van der Waals surface area contributed by atoms with Gasteiger partial charge in [0.05, 0.1) is 5.57 Å². The number of benzene rings is 1. The Morgan fingerprint density at radius 2 is 2.09 bits per heavy atom. The number of allylic oxidation sites excluding steroid dienone is 3. The molecule has 0 saturated carbocycles. The van der Waals surface area contributed by atoms with Crippen molar-refractivity contribution in [3.63, 3.8) is 0 Å². The summed E-state index contributed by atoms with van der Waals surface area (Å²) < 4.78 is 7.64. The van der Waals surface area contributed by atoms with Crippen LogP contribution in [-0.4, -0.2) is 10.5 Å². The van der Waals surface area contributed by atoms with Gasteiger partial charge in [0.25, 0.3) is 0 Å². The molecule has 0 bridgehead atoms. The summed E-state index contributed by atoms with van der Waals surface area (Å²) in [5.74, 6) is 0.380. The number of nitrogens with zero attached hydrogens (tertiary/aromatic N) is 1. The van der Waals surface area contributed by atoms with Crippen molar-refractivity contribution in [2.75, 3.05) is 0 Å². The lowest BCUT2D eigenvalue weighted by Crippen LogP contribution is -2.09. The molecule has 2 aliphatic rings. The fourth-order valence-electron chi connectivity index (χ4n) is 3.43. The largest absolute Gasteiger partial charge is 0.422 e. The molecular formula is C20H19NO2. The third-order valence-corrected chi connectivity index (χ3v) is 4.67. The van der Waals surface area contributed by atoms with Crippen LogP contribution in [0.4, 0.5) is 0 Å². The van der Waals surface area contributed by atoms with Crippen molar-refractivity contribution in [2.45, 2.75) is 32.7 Å². The minimum atomic E-state index is -0.269. The zero-order valence-electron chi connectivity index (χ0n) is 13.2. The molecule has 0 atom stereocenters. The number of esters is 1. The Morgan fingerprint density at radius 1 is 1.22 bits per heavy atom. The molecule has 1 aromatic heterocycles. The molecule has 23 heavy (non-hydrogen) atoms. The molecule has 3 heteroatoms. The highest BCUT2D eigenvalue weighted by atomic mass is 16.5. The number of carbonyl (C=O) groups excluding carboxylic acids is 1. The summed E-state index contributed by atoms with van der Waals surface area (Å²) in [4.78, 5) is 12.0. The van der Waals surface area contributed by atoms with E-state index in [-0.39, 0.29) is 5.97 Å². The minimum absolute atomic E-state index is 0.269. The Labute approximate surface area is 135 Å². The zero-order valence-corrected chi connectivity index (χ0v) is 13.2. The fraction of sp³-hybridized carbons (Fsp3) is 0.250. The van der Waals surface area contributed by atoms with Gasteiger partial charge in [0.2, 0.25) is 0 Å². The molecule has 2 aromatic rings. The van der Waals surface area contributed by atoms with Crippen LogP contribution in [0.1, 0.15) is 36.6 Å². The van der Waals surface area contributed by atoms with Gasteiger partial charge in [-0.2, -0.15) is 0 Å². The Bertz CT molecular complexity index is 839. The van der Waals surface area contributed by atoms with Gasteiger partial charge in [-0.25, -0.2) is 4.79 Å². The van der Waals surface area contributed by atoms with Gasteiger partial charge in [-0.3, -0.25) is 0 Å². The predicted molar refractivity (Wildman–Crippen MR) is 91.1 cm³/mol. The average molecular weight is 305 g/mol. The molecule has 0 saturated heterocycles. The lowest BCUT2D eigenvalue weighted by atomic mass is 10.0. The van der Waals surface area contributed by atoms with Crippen LogP contribution in [-0.2, 0) is 17.8 Å². The van der Waals surface area contributed by atoms with Gasteiger partial charge < -0.3 is 9.30 Å². The van der Waals surface area contributed by atoms with Crippen molar-refractivity contribution in [3.8, 4) is 5.75 Å². The molecule has 0 unspecified atom stereocenters. The molecule has 2 aliphatic heterocycles. The topological polar surface area (TPSA) is 31.2 Å². The number of hydrogen-bond donors (Lipinski definition) is 0. The monoisotopic (exact) mass is 305 g/mol. The molecule has 3 nitrogen and oxygen atoms in total. The molecule has 0 amide bonds. The van der Waals surface area contributed by atoms with Crippen molar-refractivity contribution < 1.29 is 9.53 Å². The third-order valence-electron chi connectivity index (χ3n) is 4.67. The first-order valence-corrected chi connectivity index (χ1v) is 8.12. The van der Waals surface area contributed by atoms with Gasteiger partial charge in [0, 0.05) is 24.0 Å². The number of para-hydroxylation sites is 1. The summed E-state index contributed by atoms with van der Waals surface area (Å²) in [6.07, 6.45) is 9.74. The van der Waals surface area contributed by atoms with E-state index in [4.69, 9.17) is 4.74 Å². The Balaban J connectivity index is 1.68. The van der Waals surface area contributed by atoms with Crippen molar-refractivity contribution in [1.82, 2.24) is 4.57 Å². The summed E-state index contributed by atoms with van der Waals surface area (Å²) in [5, 5.41) is 0. The Hall–Kier alpha value is -2.55. The first-order valence-electron chi connectivity index (χ1n) is 8.12. The first-order chi connectivity index (χ1) is 11.2. The lowest BCUT2D eigenvalue weighted by molar-refractivity contribution is -0.126. The third kappa shape index (κ3) is 2.42. The quantitative estimate of drug-likeness (QED) is 0.472. The molecule has 0 spiro atoms. The van der Waals surface area contributed by atoms with Crippen molar-refractivity contribution in [1.29, 1.82) is 0 Å². The predicted octanol–water partition coefficient (Wildman–Crippen LogP) is 4.23. The summed E-state index contributed by atoms with van der Waals surface area (Å²) >= 11 is 0. The molecular weight excluding hydrogens is 286 g/mol. The zero-order chi connectivity index (χ0) is 15.8. The van der Waals surface area contributed by atoms with Gasteiger partial charge in [-0.15, -0.1) is 0 Å². The van der Waals surface area contributed by atoms with Crippen LogP contribution in [0.2, 0.25) is 0 Å². The van der Waals surface area contributed by atoms with Crippen molar-refractivity contribution in [2.24, 2.45) is 0 Å². The number of hydrogen-bond acceptors (Lipinski definition) is 2. The van der Waals surface area contributed by atoms with E-state index in [0.717, 1.165) is 18.5 Å². The fourth-order valence-corrected chi connectivity index (χ4v) is 3.43. The molecule has 4 rings (SSSR count). The van der Waals surface area contributed by atoms with Gasteiger partial charge in [-0.05, 0) is 55.5 Å². The summed E-state index contributed by atoms with van der Waals surface area (Å²) in [7, 11) is 0. The van der Waals surface area contributed by atoms with Crippen LogP contribution in [0.5, 0.6) is 5.75 Å². The molecule has 0 N–H and O–H groups in total. The number of aromatic nitrogens is 1. The van der Waals surface area contributed by atoms with E-state index in [1.54, 1.807) is 0 Å². The van der Waals surface area contributed by atoms with Crippen LogP contribution in [0.3, 0.4) is 0 Å². The van der Waals surface area contributed by atoms with Crippen LogP contribution in [0.25, 0.3) is 11.1 Å². The van der Waals surface area contributed by atoms with E-state index in [1.807, 2.05) is 36.4 Å². The smallest absolute Gasteiger partial charge is 0.344 e. The highest BCUT2D eigenvalue weighted by molar-refractivity contribution is 6.21. The normalized spacial score (nSPS) is 18.7. The van der Waals surface area contributed by atoms with E-state index in [0.29, 0.717) is 11.3 Å². The maximum atomic E-state index is 12.0. The molecule has 1 aromatic carbocycles. The summed E-state index contributed by atoms with van der Waals surface area (Å²) in [6, 6.07) is 9.75. The van der Waals surface area contributed by atoms with Crippen LogP contribution in [0.15, 0.2) is 48.7 Å². The van der Waals surface area contributed by atoms with Gasteiger partial charge in [0.15, 0.2) is 0 Å². The van der Waals surface area contributed by atoms with E-state index in [1.165, 1.54) is 29.7 Å². The lowest BCUT2D eigenvalue weighted by Gasteiger charge is -2.16. The minimum Gasteiger partial charge on any atom is -0.422 e. The van der Waals surface area contributed by atoms with Crippen LogP contribution < -0.4 is 4.74 Å². The summed E-state index contributed by atoms with van der Waals surface area (Å²) in [6.45, 7) is 3.22. The SMILES string of the molecule is C/C(=C\C=C1\C(=O)Oc2ccccc21)c1ccn2c1CCCC2. The number of rotatable bonds is 2. The van der Waals surface area contributed by atoms with E-state index >= 15 is 0 Å². The average Bonchev–Trinajstić information content (AvgIpc) is 3.13. The number of carbonyl (C=O) groups is 1. The van der Waals surface area contributed by atoms with Gasteiger partial charge in [-0.1, -0.05) is 24.3 Å². The maximum absolute atomic E-state index is 12.0. The number of aryl methyl sites for hydroxylation is 1. The number of ether oxygens (including phenoxy) is 1. The maximum Gasteiger partial charge on any atom is 0.344 e. The van der Waals surface area contributed by atoms with E-state index in [2.05, 4.69) is 23.8 Å². The second-order valence-electron chi connectivity index (χ2n) is 6.14. The second kappa shape index (κ2) is 5.58. The van der Waals surface area contributed by atoms with Crippen LogP contribution in [0, 0.1) is 0 Å². The first kappa shape index (κ1) is 14.1. The van der Waals surface area contributed by atoms with Crippen molar-refractivity contribution >= 4 is 17.1 Å². The van der Waals surface area contributed by atoms with E-state index < -0.39 is 0 Å². The van der Waals surface area contributed by atoms with Crippen LogP contribution >= 0.6 is 0 Å². The van der Waals surface area contributed by atoms with Gasteiger partial charge >= 0.3 is 5.97 Å². The summed E-state index contributed by atoms with van der Waals surface area (Å²) in [5.41, 5.74) is 5.40. The number of fused-ring (bicyclic) bond motifs is 2. The molecule has 0 radical (unpaired) electrons. The van der Waals surface area contributed by atoms with E-state index in [9.17, 15) is 4.79 Å².